The van der Waals surface area contributed by atoms with Gasteiger partial charge in [-0.05, 0) is 17.9 Å². The summed E-state index contributed by atoms with van der Waals surface area (Å²) in [4.78, 5) is 11.4. The van der Waals surface area contributed by atoms with Crippen molar-refractivity contribution in [3.63, 3.8) is 0 Å². The fraction of sp³-hybridized carbons (Fsp3) is 0.273. The summed E-state index contributed by atoms with van der Waals surface area (Å²) in [6.07, 6.45) is 1.97. The van der Waals surface area contributed by atoms with Crippen molar-refractivity contribution in [2.45, 2.75) is 6.42 Å². The number of nitrogens with zero attached hydrogens (tertiary/aromatic N) is 2. The second-order valence-corrected chi connectivity index (χ2v) is 3.98. The van der Waals surface area contributed by atoms with Gasteiger partial charge < -0.3 is 9.73 Å². The monoisotopic (exact) mass is 251 g/mol. The van der Waals surface area contributed by atoms with Crippen LogP contribution in [-0.2, 0) is 11.8 Å². The first-order valence-electron chi connectivity index (χ1n) is 5.19. The molecule has 0 spiro atoms. The number of hydrogen-bond donors (Lipinski definition) is 2. The highest BCUT2D eigenvalue weighted by Crippen LogP contribution is 2.21. The minimum atomic E-state index is -0.0750. The van der Waals surface area contributed by atoms with Crippen molar-refractivity contribution in [3.05, 3.63) is 24.5 Å². The van der Waals surface area contributed by atoms with Crippen molar-refractivity contribution < 1.29 is 9.21 Å². The lowest BCUT2D eigenvalue weighted by Gasteiger charge is -2.02. The van der Waals surface area contributed by atoms with E-state index in [0.717, 1.165) is 0 Å². The van der Waals surface area contributed by atoms with Gasteiger partial charge in [0.1, 0.15) is 11.5 Å². The van der Waals surface area contributed by atoms with E-state index in [0.29, 0.717) is 29.4 Å². The van der Waals surface area contributed by atoms with Crippen molar-refractivity contribution in [1.82, 2.24) is 9.78 Å². The third-order valence-corrected chi connectivity index (χ3v) is 2.48. The Morgan fingerprint density at radius 3 is 3.12 bits per heavy atom. The Bertz CT molecular complexity index is 505. The molecule has 0 atom stereocenters. The van der Waals surface area contributed by atoms with Crippen molar-refractivity contribution in [2.75, 3.05) is 11.1 Å². The number of aryl methyl sites for hydroxylation is 1. The quantitative estimate of drug-likeness (QED) is 0.816. The van der Waals surface area contributed by atoms with Crippen molar-refractivity contribution >= 4 is 24.4 Å². The van der Waals surface area contributed by atoms with Crippen LogP contribution in [0.2, 0.25) is 0 Å². The molecule has 0 saturated heterocycles. The summed E-state index contributed by atoms with van der Waals surface area (Å²) in [7, 11) is 1.77. The molecule has 2 rings (SSSR count). The van der Waals surface area contributed by atoms with Crippen LogP contribution in [-0.4, -0.2) is 21.4 Å². The molecule has 0 aliphatic heterocycles. The minimum Gasteiger partial charge on any atom is -0.463 e. The Morgan fingerprint density at radius 2 is 2.47 bits per heavy atom. The number of furan rings is 1. The number of nitrogens with one attached hydrogen (secondary N) is 1. The summed E-state index contributed by atoms with van der Waals surface area (Å²) in [5, 5.41) is 7.02. The van der Waals surface area contributed by atoms with Crippen molar-refractivity contribution in [1.29, 1.82) is 0 Å². The van der Waals surface area contributed by atoms with Gasteiger partial charge in [0.2, 0.25) is 5.91 Å². The summed E-state index contributed by atoms with van der Waals surface area (Å²) in [6, 6.07) is 5.39. The van der Waals surface area contributed by atoms with Gasteiger partial charge in [-0.25, -0.2) is 0 Å². The van der Waals surface area contributed by atoms with Gasteiger partial charge >= 0.3 is 0 Å². The van der Waals surface area contributed by atoms with E-state index in [1.165, 1.54) is 0 Å². The molecule has 0 radical (unpaired) electrons. The van der Waals surface area contributed by atoms with Crippen LogP contribution in [0.4, 0.5) is 5.82 Å². The van der Waals surface area contributed by atoms with Gasteiger partial charge in [0.15, 0.2) is 5.76 Å². The van der Waals surface area contributed by atoms with Crippen LogP contribution in [0.25, 0.3) is 11.5 Å². The predicted octanol–water partition coefficient (Wildman–Crippen LogP) is 1.94. The molecule has 2 aromatic heterocycles. The molecule has 5 nitrogen and oxygen atoms in total. The Balaban J connectivity index is 2.17. The number of carbonyl (C=O) groups is 1. The summed E-state index contributed by atoms with van der Waals surface area (Å²) in [5.74, 6) is 1.77. The van der Waals surface area contributed by atoms with E-state index in [4.69, 9.17) is 4.42 Å². The molecular formula is C11H13N3O2S. The van der Waals surface area contributed by atoms with Gasteiger partial charge in [0.05, 0.1) is 6.26 Å². The zero-order chi connectivity index (χ0) is 12.3. The Kier molecular flexibility index (Phi) is 3.53. The van der Waals surface area contributed by atoms with Crippen molar-refractivity contribution in [3.8, 4) is 11.5 Å². The largest absolute Gasteiger partial charge is 0.463 e. The molecule has 0 aliphatic rings. The van der Waals surface area contributed by atoms with Gasteiger partial charge in [-0.2, -0.15) is 17.7 Å². The molecule has 0 aliphatic carbocycles. The summed E-state index contributed by atoms with van der Waals surface area (Å²) in [5.41, 5.74) is 0.693. The van der Waals surface area contributed by atoms with E-state index < -0.39 is 0 Å². The lowest BCUT2D eigenvalue weighted by atomic mass is 10.3. The number of hydrogen-bond acceptors (Lipinski definition) is 4. The first-order chi connectivity index (χ1) is 8.20. The predicted molar refractivity (Wildman–Crippen MR) is 68.0 cm³/mol. The normalized spacial score (nSPS) is 10.5. The lowest BCUT2D eigenvalue weighted by Crippen LogP contribution is -2.14. The molecule has 1 N–H and O–H groups in total. The number of anilines is 1. The first-order valence-corrected chi connectivity index (χ1v) is 5.82. The Labute approximate surface area is 104 Å². The molecule has 6 heteroatoms. The molecule has 0 aromatic carbocycles. The van der Waals surface area contributed by atoms with Gasteiger partial charge in [-0.1, -0.05) is 0 Å². The second kappa shape index (κ2) is 5.09. The highest BCUT2D eigenvalue weighted by molar-refractivity contribution is 7.80. The Hall–Kier alpha value is -1.69. The second-order valence-electron chi connectivity index (χ2n) is 3.54. The molecule has 90 valence electrons. The number of carbonyl (C=O) groups excluding carboxylic acids is 1. The minimum absolute atomic E-state index is 0.0750. The topological polar surface area (TPSA) is 60.1 Å². The average molecular weight is 251 g/mol. The summed E-state index contributed by atoms with van der Waals surface area (Å²) >= 11 is 4.01. The maximum atomic E-state index is 11.4. The number of rotatable bonds is 4. The standard InChI is InChI=1S/C11H13N3O2S/c1-14-10(12-11(15)4-6-17)7-8(13-14)9-3-2-5-16-9/h2-3,5,7,17H,4,6H2,1H3,(H,12,15). The van der Waals surface area contributed by atoms with Gasteiger partial charge in [0, 0.05) is 19.5 Å². The van der Waals surface area contributed by atoms with E-state index in [1.54, 1.807) is 30.1 Å². The molecule has 2 aromatic rings. The highest BCUT2D eigenvalue weighted by atomic mass is 32.1. The SMILES string of the molecule is Cn1nc(-c2ccco2)cc1NC(=O)CCS. The van der Waals surface area contributed by atoms with E-state index in [2.05, 4.69) is 23.0 Å². The van der Waals surface area contributed by atoms with Crippen LogP contribution in [0.1, 0.15) is 6.42 Å². The number of thiol groups is 1. The molecule has 17 heavy (non-hydrogen) atoms. The third kappa shape index (κ3) is 2.71. The maximum Gasteiger partial charge on any atom is 0.226 e. The van der Waals surface area contributed by atoms with E-state index in [-0.39, 0.29) is 5.91 Å². The third-order valence-electron chi connectivity index (χ3n) is 2.26. The fourth-order valence-corrected chi connectivity index (χ4v) is 1.64. The summed E-state index contributed by atoms with van der Waals surface area (Å²) in [6.45, 7) is 0. The molecule has 0 bridgehead atoms. The van der Waals surface area contributed by atoms with Crippen LogP contribution >= 0.6 is 12.6 Å². The van der Waals surface area contributed by atoms with Crippen LogP contribution < -0.4 is 5.32 Å². The van der Waals surface area contributed by atoms with E-state index in [9.17, 15) is 4.79 Å². The molecule has 0 unspecified atom stereocenters. The number of aromatic nitrogens is 2. The van der Waals surface area contributed by atoms with Crippen LogP contribution in [0.5, 0.6) is 0 Å². The average Bonchev–Trinajstić information content (AvgIpc) is 2.89. The van der Waals surface area contributed by atoms with E-state index in [1.807, 2.05) is 6.07 Å². The highest BCUT2D eigenvalue weighted by Gasteiger charge is 2.11. The fourth-order valence-electron chi connectivity index (χ4n) is 1.44. The smallest absolute Gasteiger partial charge is 0.226 e. The van der Waals surface area contributed by atoms with Gasteiger partial charge in [0.25, 0.3) is 0 Å². The molecule has 1 amide bonds. The number of amides is 1. The Morgan fingerprint density at radius 1 is 1.65 bits per heavy atom. The molecule has 2 heterocycles. The van der Waals surface area contributed by atoms with Crippen LogP contribution in [0.3, 0.4) is 0 Å². The van der Waals surface area contributed by atoms with Crippen LogP contribution in [0.15, 0.2) is 28.9 Å². The van der Waals surface area contributed by atoms with Gasteiger partial charge in [-0.15, -0.1) is 0 Å². The first kappa shape index (κ1) is 11.8. The van der Waals surface area contributed by atoms with Crippen LogP contribution in [0, 0.1) is 0 Å². The summed E-state index contributed by atoms with van der Waals surface area (Å²) < 4.78 is 6.85. The van der Waals surface area contributed by atoms with Crippen molar-refractivity contribution in [2.24, 2.45) is 7.05 Å². The molecular weight excluding hydrogens is 238 g/mol. The zero-order valence-electron chi connectivity index (χ0n) is 9.38. The molecule has 0 fully saturated rings. The zero-order valence-corrected chi connectivity index (χ0v) is 10.3. The molecule has 0 saturated carbocycles. The van der Waals surface area contributed by atoms with E-state index >= 15 is 0 Å². The maximum absolute atomic E-state index is 11.4. The van der Waals surface area contributed by atoms with Gasteiger partial charge in [-0.3, -0.25) is 9.48 Å². The lowest BCUT2D eigenvalue weighted by molar-refractivity contribution is -0.115.